The first-order chi connectivity index (χ1) is 13.9. The van der Waals surface area contributed by atoms with Crippen molar-refractivity contribution >= 4 is 54.5 Å². The number of carbonyl (C=O) groups excluding carboxylic acids is 1. The second kappa shape index (κ2) is 8.03. The van der Waals surface area contributed by atoms with Crippen molar-refractivity contribution < 1.29 is 13.2 Å². The zero-order chi connectivity index (χ0) is 20.4. The maximum absolute atomic E-state index is 12.4. The molecule has 0 aliphatic rings. The highest BCUT2D eigenvalue weighted by Crippen LogP contribution is 2.31. The summed E-state index contributed by atoms with van der Waals surface area (Å²) < 4.78 is 26.1. The van der Waals surface area contributed by atoms with Crippen LogP contribution >= 0.6 is 22.7 Å². The molecule has 2 aromatic carbocycles. The first-order valence-electron chi connectivity index (χ1n) is 8.68. The summed E-state index contributed by atoms with van der Waals surface area (Å²) in [6, 6.07) is 17.2. The number of hydrogen-bond acceptors (Lipinski definition) is 6. The summed E-state index contributed by atoms with van der Waals surface area (Å²) in [5.41, 5.74) is 1.75. The molecule has 0 atom stereocenters. The van der Waals surface area contributed by atoms with E-state index in [4.69, 9.17) is 0 Å². The topological polar surface area (TPSA) is 79.4 Å². The minimum atomic E-state index is -3.67. The Morgan fingerprint density at radius 1 is 1.07 bits per heavy atom. The van der Waals surface area contributed by atoms with Crippen LogP contribution in [0.15, 0.2) is 69.6 Å². The molecule has 0 fully saturated rings. The monoisotopic (exact) mass is 443 g/mol. The van der Waals surface area contributed by atoms with Crippen LogP contribution in [0.1, 0.15) is 0 Å². The molecule has 29 heavy (non-hydrogen) atoms. The van der Waals surface area contributed by atoms with E-state index in [1.165, 1.54) is 24.5 Å². The number of thiazole rings is 1. The third-order valence-corrected chi connectivity index (χ3v) is 8.28. The van der Waals surface area contributed by atoms with Crippen molar-refractivity contribution in [2.45, 2.75) is 4.21 Å². The van der Waals surface area contributed by atoms with Gasteiger partial charge in [0.2, 0.25) is 5.91 Å². The first-order valence-corrected chi connectivity index (χ1v) is 11.9. The fraction of sp³-hybridized carbons (Fsp3) is 0.100. The number of nitrogens with zero attached hydrogens (tertiary/aromatic N) is 2. The van der Waals surface area contributed by atoms with Crippen LogP contribution < -0.4 is 5.32 Å². The van der Waals surface area contributed by atoms with Crippen LogP contribution in [0.4, 0.5) is 5.13 Å². The summed E-state index contributed by atoms with van der Waals surface area (Å²) >= 11 is 2.42. The Kier molecular flexibility index (Phi) is 5.46. The summed E-state index contributed by atoms with van der Waals surface area (Å²) in [7, 11) is -2.28. The quantitative estimate of drug-likeness (QED) is 0.482. The molecule has 4 aromatic rings. The van der Waals surface area contributed by atoms with Gasteiger partial charge < -0.3 is 5.32 Å². The van der Waals surface area contributed by atoms with Crippen LogP contribution in [0.2, 0.25) is 0 Å². The van der Waals surface area contributed by atoms with E-state index in [1.807, 2.05) is 47.8 Å². The van der Waals surface area contributed by atoms with E-state index in [9.17, 15) is 13.2 Å². The van der Waals surface area contributed by atoms with Crippen molar-refractivity contribution in [1.29, 1.82) is 0 Å². The molecule has 0 saturated carbocycles. The number of nitrogens with one attached hydrogen (secondary N) is 1. The normalized spacial score (nSPS) is 11.8. The fourth-order valence-electron chi connectivity index (χ4n) is 2.91. The number of aromatic nitrogens is 1. The van der Waals surface area contributed by atoms with Crippen LogP contribution in [0, 0.1) is 0 Å². The fourth-order valence-corrected chi connectivity index (χ4v) is 5.97. The van der Waals surface area contributed by atoms with Gasteiger partial charge in [0, 0.05) is 18.0 Å². The Labute approximate surface area is 176 Å². The Balaban J connectivity index is 1.48. The molecule has 148 valence electrons. The maximum Gasteiger partial charge on any atom is 0.252 e. The van der Waals surface area contributed by atoms with Gasteiger partial charge in [0.05, 0.1) is 12.2 Å². The number of hydrogen-bond donors (Lipinski definition) is 1. The predicted octanol–water partition coefficient (Wildman–Crippen LogP) is 4.28. The number of thiophene rings is 1. The highest BCUT2D eigenvalue weighted by Gasteiger charge is 2.24. The zero-order valence-corrected chi connectivity index (χ0v) is 17.9. The van der Waals surface area contributed by atoms with E-state index in [-0.39, 0.29) is 10.8 Å². The molecule has 0 aliphatic carbocycles. The van der Waals surface area contributed by atoms with Gasteiger partial charge in [-0.25, -0.2) is 13.4 Å². The standard InChI is InChI=1S/C20H17N3O3S3/c1-23(29(25,26)19-10-5-11-27-19)12-18(24)22-20-21-17(13-28-20)16-9-4-7-14-6-2-3-8-15(14)16/h2-11,13H,12H2,1H3,(H,21,22,24). The van der Waals surface area contributed by atoms with Crippen LogP contribution in [0.3, 0.4) is 0 Å². The van der Waals surface area contributed by atoms with Gasteiger partial charge in [-0.15, -0.1) is 22.7 Å². The Morgan fingerprint density at radius 3 is 2.66 bits per heavy atom. The minimum Gasteiger partial charge on any atom is -0.301 e. The van der Waals surface area contributed by atoms with Gasteiger partial charge in [0.1, 0.15) is 4.21 Å². The van der Waals surface area contributed by atoms with Crippen molar-refractivity contribution in [2.75, 3.05) is 18.9 Å². The van der Waals surface area contributed by atoms with Crippen molar-refractivity contribution in [3.63, 3.8) is 0 Å². The summed E-state index contributed by atoms with van der Waals surface area (Å²) in [4.78, 5) is 16.9. The van der Waals surface area contributed by atoms with Gasteiger partial charge in [0.15, 0.2) is 5.13 Å². The average molecular weight is 444 g/mol. The average Bonchev–Trinajstić information content (AvgIpc) is 3.40. The second-order valence-electron chi connectivity index (χ2n) is 6.31. The molecule has 2 aromatic heterocycles. The Bertz CT molecular complexity index is 1260. The molecule has 2 heterocycles. The lowest BCUT2D eigenvalue weighted by molar-refractivity contribution is -0.116. The van der Waals surface area contributed by atoms with Gasteiger partial charge in [-0.1, -0.05) is 48.5 Å². The molecule has 0 spiro atoms. The second-order valence-corrected chi connectivity index (χ2v) is 10.4. The number of benzene rings is 2. The van der Waals surface area contributed by atoms with E-state index in [0.29, 0.717) is 5.13 Å². The lowest BCUT2D eigenvalue weighted by Gasteiger charge is -2.15. The maximum atomic E-state index is 12.4. The lowest BCUT2D eigenvalue weighted by Crippen LogP contribution is -2.34. The molecular formula is C20H17N3O3S3. The molecule has 0 bridgehead atoms. The smallest absolute Gasteiger partial charge is 0.252 e. The van der Waals surface area contributed by atoms with E-state index in [2.05, 4.69) is 10.3 Å². The molecule has 0 aliphatic heterocycles. The molecule has 0 unspecified atom stereocenters. The highest BCUT2D eigenvalue weighted by molar-refractivity contribution is 7.91. The molecule has 9 heteroatoms. The number of carbonyl (C=O) groups is 1. The summed E-state index contributed by atoms with van der Waals surface area (Å²) in [6.45, 7) is -0.288. The molecule has 0 radical (unpaired) electrons. The van der Waals surface area contributed by atoms with Crippen molar-refractivity contribution in [2.24, 2.45) is 0 Å². The minimum absolute atomic E-state index is 0.209. The number of sulfonamides is 1. The highest BCUT2D eigenvalue weighted by atomic mass is 32.2. The van der Waals surface area contributed by atoms with E-state index >= 15 is 0 Å². The molecule has 0 saturated heterocycles. The van der Waals surface area contributed by atoms with Gasteiger partial charge in [0.25, 0.3) is 10.0 Å². The number of likely N-dealkylation sites (N-methyl/N-ethyl adjacent to an activating group) is 1. The Morgan fingerprint density at radius 2 is 1.86 bits per heavy atom. The van der Waals surface area contributed by atoms with E-state index in [1.54, 1.807) is 11.4 Å². The SMILES string of the molecule is CN(CC(=O)Nc1nc(-c2cccc3ccccc23)cs1)S(=O)(=O)c1cccs1. The molecule has 1 amide bonds. The lowest BCUT2D eigenvalue weighted by atomic mass is 10.0. The summed E-state index contributed by atoms with van der Waals surface area (Å²) in [6.07, 6.45) is 0. The van der Waals surface area contributed by atoms with Crippen molar-refractivity contribution in [3.8, 4) is 11.3 Å². The summed E-state index contributed by atoms with van der Waals surface area (Å²) in [5, 5.41) is 8.89. The predicted molar refractivity (Wildman–Crippen MR) is 118 cm³/mol. The Hall–Kier alpha value is -2.59. The van der Waals surface area contributed by atoms with Crippen molar-refractivity contribution in [1.82, 2.24) is 9.29 Å². The van der Waals surface area contributed by atoms with Crippen LogP contribution in [-0.2, 0) is 14.8 Å². The van der Waals surface area contributed by atoms with Crippen LogP contribution in [-0.4, -0.2) is 37.2 Å². The zero-order valence-electron chi connectivity index (χ0n) is 15.4. The number of fused-ring (bicyclic) bond motifs is 1. The van der Waals surface area contributed by atoms with Crippen LogP contribution in [0.5, 0.6) is 0 Å². The number of amides is 1. The molecule has 4 rings (SSSR count). The van der Waals surface area contributed by atoms with Gasteiger partial charge in [-0.2, -0.15) is 4.31 Å². The van der Waals surface area contributed by atoms with Crippen molar-refractivity contribution in [3.05, 3.63) is 65.4 Å². The van der Waals surface area contributed by atoms with Gasteiger partial charge >= 0.3 is 0 Å². The van der Waals surface area contributed by atoms with Crippen LogP contribution in [0.25, 0.3) is 22.0 Å². The molecular weight excluding hydrogens is 426 g/mol. The van der Waals surface area contributed by atoms with Gasteiger partial charge in [-0.05, 0) is 22.2 Å². The summed E-state index contributed by atoms with van der Waals surface area (Å²) in [5.74, 6) is -0.438. The first kappa shape index (κ1) is 19.7. The van der Waals surface area contributed by atoms with E-state index < -0.39 is 15.9 Å². The largest absolute Gasteiger partial charge is 0.301 e. The van der Waals surface area contributed by atoms with E-state index in [0.717, 1.165) is 37.7 Å². The molecule has 6 nitrogen and oxygen atoms in total. The van der Waals surface area contributed by atoms with Gasteiger partial charge in [-0.3, -0.25) is 4.79 Å². The number of anilines is 1. The third kappa shape index (κ3) is 4.08. The number of rotatable bonds is 6. The molecule has 1 N–H and O–H groups in total. The third-order valence-electron chi connectivity index (χ3n) is 4.34.